The lowest BCUT2D eigenvalue weighted by molar-refractivity contribution is -0.168. The van der Waals surface area contributed by atoms with Crippen LogP contribution in [-0.2, 0) is 14.4 Å². The largest absolute Gasteiger partial charge is 0.480 e. The summed E-state index contributed by atoms with van der Waals surface area (Å²) in [6.45, 7) is 0.179. The minimum absolute atomic E-state index is 0.235. The van der Waals surface area contributed by atoms with E-state index in [1.807, 2.05) is 0 Å². The van der Waals surface area contributed by atoms with Gasteiger partial charge < -0.3 is 25.5 Å². The molecule has 5 N–H and O–H groups in total. The molecule has 0 bridgehead atoms. The maximum atomic E-state index is 12.5. The van der Waals surface area contributed by atoms with Gasteiger partial charge >= 0.3 is 5.97 Å². The van der Waals surface area contributed by atoms with Crippen molar-refractivity contribution < 1.29 is 39.9 Å². The molecule has 2 atom stereocenters. The van der Waals surface area contributed by atoms with Crippen LogP contribution < -0.4 is 0 Å². The van der Waals surface area contributed by atoms with E-state index in [4.69, 9.17) is 10.2 Å². The van der Waals surface area contributed by atoms with E-state index in [9.17, 15) is 29.7 Å². The Morgan fingerprint density at radius 2 is 0.833 bits per heavy atom. The Hall–Kier alpha value is -1.35. The predicted molar refractivity (Wildman–Crippen MR) is 140 cm³/mol. The number of hydrogen-bond donors (Lipinski definition) is 5. The molecule has 8 nitrogen and oxygen atoms in total. The van der Waals surface area contributed by atoms with E-state index in [1.54, 1.807) is 0 Å². The number of carbonyl (C=O) groups is 3. The Morgan fingerprint density at radius 1 is 0.556 bits per heavy atom. The summed E-state index contributed by atoms with van der Waals surface area (Å²) in [5, 5.41) is 47.2. The zero-order valence-electron chi connectivity index (χ0n) is 22.5. The predicted octanol–water partition coefficient (Wildman–Crippen LogP) is 4.33. The van der Waals surface area contributed by atoms with Crippen LogP contribution in [0, 0.1) is 5.41 Å². The van der Waals surface area contributed by atoms with Crippen molar-refractivity contribution in [2.24, 2.45) is 5.41 Å². The molecule has 0 heterocycles. The average molecular weight is 517 g/mol. The van der Waals surface area contributed by atoms with Crippen molar-refractivity contribution >= 4 is 17.5 Å². The lowest BCUT2D eigenvalue weighted by Crippen LogP contribution is -2.55. The first-order chi connectivity index (χ1) is 17.3. The summed E-state index contributed by atoms with van der Waals surface area (Å²) in [5.41, 5.74) is -2.68. The highest BCUT2D eigenvalue weighted by atomic mass is 16.4. The molecule has 0 radical (unpaired) electrons. The number of ketones is 2. The molecule has 0 saturated heterocycles. The van der Waals surface area contributed by atoms with E-state index in [-0.39, 0.29) is 6.42 Å². The van der Waals surface area contributed by atoms with E-state index in [1.165, 1.54) is 77.0 Å². The molecule has 8 heteroatoms. The van der Waals surface area contributed by atoms with Crippen LogP contribution in [0.2, 0.25) is 0 Å². The van der Waals surface area contributed by atoms with Gasteiger partial charge in [0.05, 0.1) is 13.2 Å². The number of hydrogen-bond acceptors (Lipinski definition) is 7. The minimum atomic E-state index is -2.68. The molecule has 0 aromatic heterocycles. The summed E-state index contributed by atoms with van der Waals surface area (Å²) in [6.07, 6.45) is 16.3. The van der Waals surface area contributed by atoms with E-state index in [0.717, 1.165) is 25.7 Å². The minimum Gasteiger partial charge on any atom is -0.480 e. The van der Waals surface area contributed by atoms with E-state index in [0.29, 0.717) is 6.42 Å². The normalized spacial score (nSPS) is 14.8. The molecule has 0 rings (SSSR count). The van der Waals surface area contributed by atoms with Crippen LogP contribution in [0.4, 0.5) is 0 Å². The lowest BCUT2D eigenvalue weighted by Gasteiger charge is -2.29. The maximum Gasteiger partial charge on any atom is 0.325 e. The Morgan fingerprint density at radius 3 is 1.08 bits per heavy atom. The standard InChI is InChI=1S/C28H52O8/c1-2-3-4-5-6-7-8-9-10-11-12-13-14-15-16-17-18-19-20-28(27(35)36,25(33)23(31)21-29)26(34)24(32)22-30/h23-24,29-32H,2-22H2,1H3,(H,35,36). The molecule has 0 aliphatic carbocycles. The lowest BCUT2D eigenvalue weighted by atomic mass is 9.71. The number of rotatable bonds is 26. The van der Waals surface area contributed by atoms with Crippen molar-refractivity contribution in [2.75, 3.05) is 13.2 Å². The van der Waals surface area contributed by atoms with E-state index < -0.39 is 54.8 Å². The first-order valence-electron chi connectivity index (χ1n) is 14.2. The van der Waals surface area contributed by atoms with Crippen molar-refractivity contribution in [2.45, 2.75) is 141 Å². The Kier molecular flexibility index (Phi) is 20.9. The summed E-state index contributed by atoms with van der Waals surface area (Å²) in [4.78, 5) is 36.9. The molecular weight excluding hydrogens is 464 g/mol. The molecule has 0 aromatic carbocycles. The van der Waals surface area contributed by atoms with Crippen LogP contribution in [0.25, 0.3) is 0 Å². The van der Waals surface area contributed by atoms with Gasteiger partial charge in [0.2, 0.25) is 0 Å². The highest BCUT2D eigenvalue weighted by molar-refractivity contribution is 6.24. The smallest absolute Gasteiger partial charge is 0.325 e. The molecule has 0 amide bonds. The zero-order chi connectivity index (χ0) is 27.2. The second-order valence-electron chi connectivity index (χ2n) is 10.1. The van der Waals surface area contributed by atoms with Gasteiger partial charge in [-0.05, 0) is 6.42 Å². The summed E-state index contributed by atoms with van der Waals surface area (Å²) in [6, 6.07) is 0. The summed E-state index contributed by atoms with van der Waals surface area (Å²) in [7, 11) is 0. The summed E-state index contributed by atoms with van der Waals surface area (Å²) < 4.78 is 0. The molecular formula is C28H52O8. The number of Topliss-reactive ketones (excluding diaryl/α,β-unsaturated/α-hetero) is 2. The average Bonchev–Trinajstić information content (AvgIpc) is 2.88. The fourth-order valence-corrected chi connectivity index (χ4v) is 4.71. The monoisotopic (exact) mass is 516 g/mol. The fraction of sp³-hybridized carbons (Fsp3) is 0.893. The van der Waals surface area contributed by atoms with Crippen LogP contribution in [0.3, 0.4) is 0 Å². The molecule has 0 aromatic rings. The number of unbranched alkanes of at least 4 members (excludes halogenated alkanes) is 17. The topological polar surface area (TPSA) is 152 Å². The molecule has 0 aliphatic rings. The van der Waals surface area contributed by atoms with E-state index >= 15 is 0 Å². The molecule has 0 fully saturated rings. The van der Waals surface area contributed by atoms with Gasteiger partial charge in [0.15, 0.2) is 17.0 Å². The third kappa shape index (κ3) is 13.3. The Bertz CT molecular complexity index is 570. The fourth-order valence-electron chi connectivity index (χ4n) is 4.71. The third-order valence-corrected chi connectivity index (χ3v) is 7.06. The zero-order valence-corrected chi connectivity index (χ0v) is 22.5. The molecule has 0 aliphatic heterocycles. The first kappa shape index (κ1) is 34.6. The first-order valence-corrected chi connectivity index (χ1v) is 14.2. The summed E-state index contributed by atoms with van der Waals surface area (Å²) >= 11 is 0. The second kappa shape index (κ2) is 21.7. The SMILES string of the molecule is CCCCCCCCCCCCCCCCCCCCC(C(=O)O)(C(=O)C(O)CO)C(=O)C(O)CO. The van der Waals surface area contributed by atoms with Crippen molar-refractivity contribution in [3.63, 3.8) is 0 Å². The molecule has 0 spiro atoms. The van der Waals surface area contributed by atoms with E-state index in [2.05, 4.69) is 6.92 Å². The number of carbonyl (C=O) groups excluding carboxylic acids is 2. The number of aliphatic hydroxyl groups excluding tert-OH is 4. The van der Waals surface area contributed by atoms with Crippen molar-refractivity contribution in [3.8, 4) is 0 Å². The van der Waals surface area contributed by atoms with Gasteiger partial charge in [-0.15, -0.1) is 0 Å². The summed E-state index contributed by atoms with van der Waals surface area (Å²) in [5.74, 6) is -4.51. The van der Waals surface area contributed by atoms with Gasteiger partial charge in [-0.1, -0.05) is 122 Å². The van der Waals surface area contributed by atoms with Crippen LogP contribution in [-0.4, -0.2) is 68.5 Å². The van der Waals surface area contributed by atoms with Crippen molar-refractivity contribution in [1.82, 2.24) is 0 Å². The van der Waals surface area contributed by atoms with Crippen molar-refractivity contribution in [3.05, 3.63) is 0 Å². The Balaban J connectivity index is 4.10. The second-order valence-corrected chi connectivity index (χ2v) is 10.1. The van der Waals surface area contributed by atoms with Crippen LogP contribution in [0.5, 0.6) is 0 Å². The molecule has 0 saturated carbocycles. The quantitative estimate of drug-likeness (QED) is 0.0841. The van der Waals surface area contributed by atoms with Gasteiger partial charge in [0.1, 0.15) is 12.2 Å². The Labute approximate surface area is 217 Å². The van der Waals surface area contributed by atoms with Gasteiger partial charge in [-0.25, -0.2) is 0 Å². The number of carboxylic acids is 1. The van der Waals surface area contributed by atoms with Crippen LogP contribution in [0.15, 0.2) is 0 Å². The highest BCUT2D eigenvalue weighted by Gasteiger charge is 2.55. The van der Waals surface area contributed by atoms with Gasteiger partial charge in [-0.3, -0.25) is 14.4 Å². The molecule has 2 unspecified atom stereocenters. The van der Waals surface area contributed by atoms with Crippen LogP contribution in [0.1, 0.15) is 129 Å². The van der Waals surface area contributed by atoms with Crippen molar-refractivity contribution in [1.29, 1.82) is 0 Å². The molecule has 212 valence electrons. The number of aliphatic carboxylic acids is 1. The highest BCUT2D eigenvalue weighted by Crippen LogP contribution is 2.32. The maximum absolute atomic E-state index is 12.5. The molecule has 36 heavy (non-hydrogen) atoms. The van der Waals surface area contributed by atoms with Crippen LogP contribution >= 0.6 is 0 Å². The number of carboxylic acid groups (broad SMARTS) is 1. The van der Waals surface area contributed by atoms with Gasteiger partial charge in [0, 0.05) is 0 Å². The van der Waals surface area contributed by atoms with Gasteiger partial charge in [0.25, 0.3) is 0 Å². The number of aliphatic hydroxyl groups is 4. The van der Waals surface area contributed by atoms with Gasteiger partial charge in [-0.2, -0.15) is 0 Å². The third-order valence-electron chi connectivity index (χ3n) is 7.06.